The van der Waals surface area contributed by atoms with Crippen molar-refractivity contribution in [3.8, 4) is 0 Å². The van der Waals surface area contributed by atoms with Crippen LogP contribution in [-0.2, 0) is 34.0 Å². The van der Waals surface area contributed by atoms with Gasteiger partial charge in [0.1, 0.15) is 0 Å². The van der Waals surface area contributed by atoms with E-state index in [1.165, 1.54) is 24.3 Å². The van der Waals surface area contributed by atoms with Gasteiger partial charge in [-0.25, -0.2) is 16.8 Å². The molecule has 0 fully saturated rings. The molecule has 0 saturated heterocycles. The molecule has 8 nitrogen and oxygen atoms in total. The fourth-order valence-corrected chi connectivity index (χ4v) is 7.67. The Morgan fingerprint density at radius 1 is 0.800 bits per heavy atom. The predicted octanol–water partition coefficient (Wildman–Crippen LogP) is 4.01. The van der Waals surface area contributed by atoms with Crippen molar-refractivity contribution in [1.29, 1.82) is 0 Å². The number of rotatable bonds is 13. The van der Waals surface area contributed by atoms with Gasteiger partial charge < -0.3 is 9.84 Å². The molecule has 2 aromatic carbocycles. The predicted molar refractivity (Wildman–Crippen MR) is 131 cm³/mol. The van der Waals surface area contributed by atoms with Crippen molar-refractivity contribution in [3.05, 3.63) is 71.8 Å². The van der Waals surface area contributed by atoms with Crippen LogP contribution in [0.4, 0.5) is 0 Å². The SMILES string of the molecule is Cc1ccc(S(=O)(=O)C(CCOC(=O)CC/C=C/CCC(=O)O)S(=O)(=O)c2ccc(C)cc2)cc1. The average molecular weight is 523 g/mol. The summed E-state index contributed by atoms with van der Waals surface area (Å²) in [7, 11) is -8.61. The lowest BCUT2D eigenvalue weighted by Gasteiger charge is -2.19. The average Bonchev–Trinajstić information content (AvgIpc) is 2.79. The molecule has 0 unspecified atom stereocenters. The lowest BCUT2D eigenvalue weighted by Crippen LogP contribution is -2.32. The zero-order chi connectivity index (χ0) is 26.1. The minimum atomic E-state index is -4.30. The lowest BCUT2D eigenvalue weighted by molar-refractivity contribution is -0.143. The number of allylic oxidation sites excluding steroid dienone is 2. The number of aliphatic carboxylic acids is 1. The summed E-state index contributed by atoms with van der Waals surface area (Å²) in [6.07, 6.45) is 3.56. The third-order valence-corrected chi connectivity index (χ3v) is 10.4. The largest absolute Gasteiger partial charge is 0.481 e. The minimum absolute atomic E-state index is 0.00363. The number of carboxylic acids is 1. The molecule has 0 aliphatic heterocycles. The van der Waals surface area contributed by atoms with Gasteiger partial charge in [-0.1, -0.05) is 47.5 Å². The summed E-state index contributed by atoms with van der Waals surface area (Å²) in [5.74, 6) is -1.52. The minimum Gasteiger partial charge on any atom is -0.481 e. The molecule has 0 amide bonds. The number of hydrogen-bond donors (Lipinski definition) is 1. The number of benzene rings is 2. The molecule has 0 aliphatic rings. The molecule has 0 bridgehead atoms. The first-order valence-corrected chi connectivity index (χ1v) is 14.2. The topological polar surface area (TPSA) is 132 Å². The number of carboxylic acid groups (broad SMARTS) is 1. The van der Waals surface area contributed by atoms with Gasteiger partial charge in [0.05, 0.1) is 16.4 Å². The molecular weight excluding hydrogens is 492 g/mol. The molecule has 0 heterocycles. The summed E-state index contributed by atoms with van der Waals surface area (Å²) < 4.78 is 56.7. The van der Waals surface area contributed by atoms with E-state index < -0.39 is 42.6 Å². The maximum atomic E-state index is 13.4. The first kappa shape index (κ1) is 28.3. The summed E-state index contributed by atoms with van der Waals surface area (Å²) in [5.41, 5.74) is 1.65. The summed E-state index contributed by atoms with van der Waals surface area (Å²) in [5, 5.41) is 8.59. The summed E-state index contributed by atoms with van der Waals surface area (Å²) in [6, 6.07) is 11.8. The van der Waals surface area contributed by atoms with Crippen molar-refractivity contribution in [2.75, 3.05) is 6.61 Å². The molecule has 10 heteroatoms. The highest BCUT2D eigenvalue weighted by molar-refractivity contribution is 8.09. The molecule has 0 saturated carbocycles. The molecule has 1 N–H and O–H groups in total. The van der Waals surface area contributed by atoms with Gasteiger partial charge >= 0.3 is 11.9 Å². The molecule has 2 aromatic rings. The van der Waals surface area contributed by atoms with Gasteiger partial charge in [0.15, 0.2) is 24.3 Å². The zero-order valence-corrected chi connectivity index (χ0v) is 21.3. The molecule has 35 heavy (non-hydrogen) atoms. The van der Waals surface area contributed by atoms with Crippen LogP contribution in [0.25, 0.3) is 0 Å². The highest BCUT2D eigenvalue weighted by atomic mass is 32.3. The van der Waals surface area contributed by atoms with Crippen molar-refractivity contribution >= 4 is 31.6 Å². The van der Waals surface area contributed by atoms with Gasteiger partial charge in [0.2, 0.25) is 0 Å². The Morgan fingerprint density at radius 2 is 1.23 bits per heavy atom. The van der Waals surface area contributed by atoms with Crippen LogP contribution in [0.15, 0.2) is 70.5 Å². The van der Waals surface area contributed by atoms with E-state index in [1.54, 1.807) is 50.3 Å². The van der Waals surface area contributed by atoms with Crippen LogP contribution < -0.4 is 0 Å². The van der Waals surface area contributed by atoms with Gasteiger partial charge in [0, 0.05) is 19.3 Å². The molecular formula is C25H30O8S2. The van der Waals surface area contributed by atoms with Gasteiger partial charge in [-0.05, 0) is 51.0 Å². The van der Waals surface area contributed by atoms with Crippen LogP contribution in [0.5, 0.6) is 0 Å². The van der Waals surface area contributed by atoms with E-state index >= 15 is 0 Å². The molecule has 0 aromatic heterocycles. The maximum Gasteiger partial charge on any atom is 0.306 e. The highest BCUT2D eigenvalue weighted by Crippen LogP contribution is 2.28. The summed E-state index contributed by atoms with van der Waals surface area (Å²) in [6.45, 7) is 3.19. The molecule has 2 rings (SSSR count). The quantitative estimate of drug-likeness (QED) is 0.308. The van der Waals surface area contributed by atoms with Crippen molar-refractivity contribution in [1.82, 2.24) is 0 Å². The van der Waals surface area contributed by atoms with Gasteiger partial charge in [-0.2, -0.15) is 0 Å². The van der Waals surface area contributed by atoms with Gasteiger partial charge in [0.25, 0.3) is 0 Å². The number of carbonyl (C=O) groups is 2. The van der Waals surface area contributed by atoms with Crippen molar-refractivity contribution < 1.29 is 36.3 Å². The molecule has 0 spiro atoms. The van der Waals surface area contributed by atoms with Crippen LogP contribution in [0.2, 0.25) is 0 Å². The Kier molecular flexibility index (Phi) is 10.2. The van der Waals surface area contributed by atoms with Crippen LogP contribution in [-0.4, -0.2) is 45.1 Å². The maximum absolute atomic E-state index is 13.4. The number of ether oxygens (including phenoxy) is 1. The van der Waals surface area contributed by atoms with Crippen LogP contribution >= 0.6 is 0 Å². The Balaban J connectivity index is 2.15. The molecule has 0 aliphatic carbocycles. The Bertz CT molecular complexity index is 1170. The van der Waals surface area contributed by atoms with Gasteiger partial charge in [-0.15, -0.1) is 0 Å². The van der Waals surface area contributed by atoms with Crippen LogP contribution in [0, 0.1) is 13.8 Å². The second kappa shape index (κ2) is 12.6. The van der Waals surface area contributed by atoms with Crippen molar-refractivity contribution in [2.45, 2.75) is 60.3 Å². The van der Waals surface area contributed by atoms with E-state index in [0.717, 1.165) is 11.1 Å². The second-order valence-corrected chi connectivity index (χ2v) is 12.7. The van der Waals surface area contributed by atoms with E-state index in [1.807, 2.05) is 0 Å². The third kappa shape index (κ3) is 8.32. The lowest BCUT2D eigenvalue weighted by atomic mass is 10.2. The fourth-order valence-electron chi connectivity index (χ4n) is 3.22. The highest BCUT2D eigenvalue weighted by Gasteiger charge is 2.39. The standard InChI is InChI=1S/C25H30O8S2/c1-19-9-13-21(14-10-19)34(29,30)25(35(31,32)22-15-11-20(2)12-16-22)17-18-33-24(28)8-6-4-3-5-7-23(26)27/h3-4,9-16,25H,5-8,17-18H2,1-2H3,(H,26,27)/b4-3+. The fraction of sp³-hybridized carbons (Fsp3) is 0.360. The molecule has 190 valence electrons. The Hall–Kier alpha value is -2.98. The van der Waals surface area contributed by atoms with E-state index in [-0.39, 0.29) is 29.2 Å². The first-order valence-electron chi connectivity index (χ1n) is 11.1. The van der Waals surface area contributed by atoms with Crippen molar-refractivity contribution in [3.63, 3.8) is 0 Å². The third-order valence-electron chi connectivity index (χ3n) is 5.21. The van der Waals surface area contributed by atoms with Crippen molar-refractivity contribution in [2.24, 2.45) is 0 Å². The van der Waals surface area contributed by atoms with Crippen LogP contribution in [0.1, 0.15) is 43.2 Å². The monoisotopic (exact) mass is 522 g/mol. The van der Waals surface area contributed by atoms with Gasteiger partial charge in [-0.3, -0.25) is 9.59 Å². The number of carbonyl (C=O) groups excluding carboxylic acids is 1. The van der Waals surface area contributed by atoms with E-state index in [9.17, 15) is 26.4 Å². The zero-order valence-electron chi connectivity index (χ0n) is 19.7. The second-order valence-electron chi connectivity index (χ2n) is 8.10. The smallest absolute Gasteiger partial charge is 0.306 e. The molecule has 0 radical (unpaired) electrons. The number of sulfone groups is 2. The van der Waals surface area contributed by atoms with E-state index in [4.69, 9.17) is 9.84 Å². The number of aryl methyl sites for hydroxylation is 2. The summed E-state index contributed by atoms with van der Waals surface area (Å²) >= 11 is 0. The van der Waals surface area contributed by atoms with Crippen LogP contribution in [0.3, 0.4) is 0 Å². The normalized spacial score (nSPS) is 12.2. The summed E-state index contributed by atoms with van der Waals surface area (Å²) in [4.78, 5) is 22.3. The Morgan fingerprint density at radius 3 is 1.66 bits per heavy atom. The molecule has 0 atom stereocenters. The first-order chi connectivity index (χ1) is 16.4. The number of hydrogen-bond acceptors (Lipinski definition) is 7. The number of esters is 1. The Labute approximate surface area is 206 Å². The van der Waals surface area contributed by atoms with E-state index in [2.05, 4.69) is 0 Å². The van der Waals surface area contributed by atoms with E-state index in [0.29, 0.717) is 12.8 Å².